The SMILES string of the molecule is CCCC[C@]1(CC)CS(=O)(=O)c2cc(C#N)c(OC)cc2C(c2ccccc2)=N1. The van der Waals surface area contributed by atoms with E-state index in [4.69, 9.17) is 9.73 Å². The summed E-state index contributed by atoms with van der Waals surface area (Å²) >= 11 is 0. The summed E-state index contributed by atoms with van der Waals surface area (Å²) in [6.07, 6.45) is 3.19. The van der Waals surface area contributed by atoms with Crippen LogP contribution in [0, 0.1) is 11.3 Å². The third-order valence-corrected chi connectivity index (χ3v) is 7.45. The van der Waals surface area contributed by atoms with E-state index >= 15 is 0 Å². The maximum atomic E-state index is 13.5. The molecule has 0 N–H and O–H groups in total. The van der Waals surface area contributed by atoms with E-state index in [-0.39, 0.29) is 16.2 Å². The first kappa shape index (κ1) is 21.1. The topological polar surface area (TPSA) is 79.5 Å². The van der Waals surface area contributed by atoms with Gasteiger partial charge in [0.1, 0.15) is 11.8 Å². The van der Waals surface area contributed by atoms with Crippen molar-refractivity contribution in [3.8, 4) is 11.8 Å². The summed E-state index contributed by atoms with van der Waals surface area (Å²) in [6.45, 7) is 4.09. The average Bonchev–Trinajstić information content (AvgIpc) is 2.84. The Hall–Kier alpha value is -2.65. The van der Waals surface area contributed by atoms with Crippen molar-refractivity contribution in [2.24, 2.45) is 4.99 Å². The Balaban J connectivity index is 2.37. The van der Waals surface area contributed by atoms with Crippen molar-refractivity contribution >= 4 is 15.5 Å². The minimum atomic E-state index is -3.65. The second-order valence-corrected chi connectivity index (χ2v) is 9.39. The minimum Gasteiger partial charge on any atom is -0.495 e. The van der Waals surface area contributed by atoms with Crippen molar-refractivity contribution in [2.75, 3.05) is 12.9 Å². The molecule has 0 radical (unpaired) electrons. The van der Waals surface area contributed by atoms with Crippen LogP contribution in [0.2, 0.25) is 0 Å². The lowest BCUT2D eigenvalue weighted by molar-refractivity contribution is 0.407. The smallest absolute Gasteiger partial charge is 0.181 e. The summed E-state index contributed by atoms with van der Waals surface area (Å²) in [5.74, 6) is 0.291. The molecule has 0 unspecified atom stereocenters. The third kappa shape index (κ3) is 4.06. The van der Waals surface area contributed by atoms with E-state index in [0.717, 1.165) is 18.4 Å². The van der Waals surface area contributed by atoms with E-state index in [1.54, 1.807) is 6.07 Å². The summed E-state index contributed by atoms with van der Waals surface area (Å²) in [6, 6.07) is 14.7. The van der Waals surface area contributed by atoms with Crippen LogP contribution in [-0.4, -0.2) is 32.5 Å². The Morgan fingerprint density at radius 1 is 1.21 bits per heavy atom. The molecule has 1 aliphatic rings. The Morgan fingerprint density at radius 2 is 1.93 bits per heavy atom. The maximum absolute atomic E-state index is 13.5. The fourth-order valence-corrected chi connectivity index (χ4v) is 5.89. The molecular formula is C23H26N2O3S. The number of benzene rings is 2. The first-order valence-electron chi connectivity index (χ1n) is 9.90. The number of sulfone groups is 1. The number of ether oxygens (including phenoxy) is 1. The normalized spacial score (nSPS) is 20.1. The molecule has 2 aromatic rings. The predicted octanol–water partition coefficient (Wildman–Crippen LogP) is 4.53. The van der Waals surface area contributed by atoms with E-state index in [1.807, 2.05) is 43.3 Å². The molecule has 0 bridgehead atoms. The van der Waals surface area contributed by atoms with E-state index in [2.05, 4.69) is 6.92 Å². The highest BCUT2D eigenvalue weighted by Crippen LogP contribution is 2.37. The summed E-state index contributed by atoms with van der Waals surface area (Å²) in [4.78, 5) is 5.26. The Bertz CT molecular complexity index is 1070. The summed E-state index contributed by atoms with van der Waals surface area (Å²) in [5, 5.41) is 9.48. The van der Waals surface area contributed by atoms with Gasteiger partial charge in [0.05, 0.1) is 34.6 Å². The minimum absolute atomic E-state index is 0.0585. The molecule has 3 rings (SSSR count). The Kier molecular flexibility index (Phi) is 6.09. The molecule has 0 aliphatic carbocycles. The highest BCUT2D eigenvalue weighted by Gasteiger charge is 2.39. The van der Waals surface area contributed by atoms with Gasteiger partial charge in [-0.3, -0.25) is 4.99 Å². The molecule has 1 atom stereocenters. The Labute approximate surface area is 173 Å². The molecule has 0 saturated carbocycles. The van der Waals surface area contributed by atoms with Gasteiger partial charge in [-0.25, -0.2) is 8.42 Å². The number of hydrogen-bond donors (Lipinski definition) is 0. The number of nitrogens with zero attached hydrogens (tertiary/aromatic N) is 2. The van der Waals surface area contributed by atoms with Gasteiger partial charge in [-0.1, -0.05) is 57.0 Å². The largest absolute Gasteiger partial charge is 0.495 e. The number of rotatable bonds is 6. The van der Waals surface area contributed by atoms with Gasteiger partial charge in [0.2, 0.25) is 0 Å². The van der Waals surface area contributed by atoms with E-state index in [9.17, 15) is 13.7 Å². The third-order valence-electron chi connectivity index (χ3n) is 5.52. The van der Waals surface area contributed by atoms with Crippen molar-refractivity contribution in [3.05, 3.63) is 59.2 Å². The van der Waals surface area contributed by atoms with Crippen LogP contribution in [0.5, 0.6) is 5.75 Å². The van der Waals surface area contributed by atoms with Gasteiger partial charge in [-0.2, -0.15) is 5.26 Å². The zero-order valence-corrected chi connectivity index (χ0v) is 17.9. The molecule has 5 nitrogen and oxygen atoms in total. The van der Waals surface area contributed by atoms with Gasteiger partial charge in [0.25, 0.3) is 0 Å². The lowest BCUT2D eigenvalue weighted by Crippen LogP contribution is -2.34. The van der Waals surface area contributed by atoms with Crippen LogP contribution in [0.25, 0.3) is 0 Å². The van der Waals surface area contributed by atoms with Crippen LogP contribution in [0.1, 0.15) is 56.2 Å². The number of methoxy groups -OCH3 is 1. The summed E-state index contributed by atoms with van der Waals surface area (Å²) < 4.78 is 32.3. The van der Waals surface area contributed by atoms with Crippen molar-refractivity contribution in [3.63, 3.8) is 0 Å². The predicted molar refractivity (Wildman–Crippen MR) is 114 cm³/mol. The molecule has 29 heavy (non-hydrogen) atoms. The van der Waals surface area contributed by atoms with Crippen molar-refractivity contribution in [1.82, 2.24) is 0 Å². The van der Waals surface area contributed by atoms with E-state index in [1.165, 1.54) is 13.2 Å². The first-order chi connectivity index (χ1) is 13.9. The maximum Gasteiger partial charge on any atom is 0.181 e. The summed E-state index contributed by atoms with van der Waals surface area (Å²) in [7, 11) is -2.17. The lowest BCUT2D eigenvalue weighted by atomic mass is 9.91. The zero-order valence-electron chi connectivity index (χ0n) is 17.1. The number of fused-ring (bicyclic) bond motifs is 1. The molecule has 0 aromatic heterocycles. The van der Waals surface area contributed by atoms with Crippen LogP contribution >= 0.6 is 0 Å². The van der Waals surface area contributed by atoms with Gasteiger partial charge in [-0.15, -0.1) is 0 Å². The molecule has 0 spiro atoms. The van der Waals surface area contributed by atoms with Crippen LogP contribution in [0.15, 0.2) is 52.4 Å². The first-order valence-corrected chi connectivity index (χ1v) is 11.6. The van der Waals surface area contributed by atoms with Crippen LogP contribution in [-0.2, 0) is 9.84 Å². The van der Waals surface area contributed by atoms with Crippen LogP contribution in [0.3, 0.4) is 0 Å². The summed E-state index contributed by atoms with van der Waals surface area (Å²) in [5.41, 5.74) is 1.51. The van der Waals surface area contributed by atoms with E-state index < -0.39 is 15.4 Å². The zero-order chi connectivity index (χ0) is 21.1. The number of nitriles is 1. The molecule has 2 aromatic carbocycles. The Morgan fingerprint density at radius 3 is 2.52 bits per heavy atom. The fraction of sp³-hybridized carbons (Fsp3) is 0.391. The van der Waals surface area contributed by atoms with Crippen LogP contribution in [0.4, 0.5) is 0 Å². The second-order valence-electron chi connectivity index (χ2n) is 7.43. The number of hydrogen-bond acceptors (Lipinski definition) is 5. The van der Waals surface area contributed by atoms with Gasteiger partial charge in [0, 0.05) is 11.1 Å². The molecule has 152 valence electrons. The fourth-order valence-electron chi connectivity index (χ4n) is 3.83. The lowest BCUT2D eigenvalue weighted by Gasteiger charge is -2.28. The molecule has 0 saturated heterocycles. The molecule has 1 heterocycles. The highest BCUT2D eigenvalue weighted by molar-refractivity contribution is 7.91. The van der Waals surface area contributed by atoms with Gasteiger partial charge in [-0.05, 0) is 25.0 Å². The second kappa shape index (κ2) is 8.38. The number of aliphatic imine (C=N–C) groups is 1. The van der Waals surface area contributed by atoms with Crippen molar-refractivity contribution in [2.45, 2.75) is 50.0 Å². The van der Waals surface area contributed by atoms with Gasteiger partial charge in [0.15, 0.2) is 9.84 Å². The highest BCUT2D eigenvalue weighted by atomic mass is 32.2. The van der Waals surface area contributed by atoms with Crippen molar-refractivity contribution in [1.29, 1.82) is 5.26 Å². The standard InChI is InChI=1S/C23H26N2O3S/c1-4-6-12-23(5-2)16-29(26,27)21-13-18(15-24)20(28-3)14-19(21)22(25-23)17-10-8-7-9-11-17/h7-11,13-14H,4-6,12,16H2,1-3H3/t23-/m1/s1. The molecule has 0 fully saturated rings. The van der Waals surface area contributed by atoms with Crippen LogP contribution < -0.4 is 4.74 Å². The average molecular weight is 411 g/mol. The van der Waals surface area contributed by atoms with Gasteiger partial charge < -0.3 is 4.74 Å². The molecular weight excluding hydrogens is 384 g/mol. The monoisotopic (exact) mass is 410 g/mol. The molecule has 1 aliphatic heterocycles. The van der Waals surface area contributed by atoms with Gasteiger partial charge >= 0.3 is 0 Å². The quantitative estimate of drug-likeness (QED) is 0.701. The van der Waals surface area contributed by atoms with Crippen molar-refractivity contribution < 1.29 is 13.2 Å². The number of unbranched alkanes of at least 4 members (excludes halogenated alkanes) is 1. The van der Waals surface area contributed by atoms with E-state index in [0.29, 0.717) is 29.9 Å². The molecule has 6 heteroatoms. The molecule has 0 amide bonds.